The van der Waals surface area contributed by atoms with E-state index in [0.29, 0.717) is 13.0 Å². The van der Waals surface area contributed by atoms with Crippen LogP contribution in [-0.2, 0) is 14.6 Å². The first-order valence-electron chi connectivity index (χ1n) is 6.07. The molecule has 0 aromatic rings. The summed E-state index contributed by atoms with van der Waals surface area (Å²) in [5.41, 5.74) is 0.111. The van der Waals surface area contributed by atoms with Gasteiger partial charge in [0.25, 0.3) is 0 Å². The van der Waals surface area contributed by atoms with Gasteiger partial charge in [-0.15, -0.1) is 0 Å². The second kappa shape index (κ2) is 4.57. The van der Waals surface area contributed by atoms with Gasteiger partial charge in [-0.3, -0.25) is 4.79 Å². The van der Waals surface area contributed by atoms with Gasteiger partial charge < -0.3 is 10.2 Å². The highest BCUT2D eigenvalue weighted by atomic mass is 32.2. The number of amides is 1. The van der Waals surface area contributed by atoms with Crippen LogP contribution >= 0.6 is 0 Å². The molecule has 0 radical (unpaired) electrons. The van der Waals surface area contributed by atoms with E-state index in [4.69, 9.17) is 0 Å². The first-order valence-corrected chi connectivity index (χ1v) is 8.13. The van der Waals surface area contributed by atoms with E-state index >= 15 is 0 Å². The van der Waals surface area contributed by atoms with Gasteiger partial charge in [-0.1, -0.05) is 0 Å². The van der Waals surface area contributed by atoms with Crippen LogP contribution in [-0.4, -0.2) is 57.4 Å². The zero-order valence-corrected chi connectivity index (χ0v) is 11.1. The minimum absolute atomic E-state index is 0.0765. The summed E-state index contributed by atoms with van der Waals surface area (Å²) in [5.74, 6) is 0.197. The lowest BCUT2D eigenvalue weighted by Gasteiger charge is -2.33. The van der Waals surface area contributed by atoms with E-state index in [-0.39, 0.29) is 17.1 Å². The molecule has 2 aliphatic heterocycles. The normalized spacial score (nSPS) is 24.5. The maximum Gasteiger partial charge on any atom is 0.223 e. The van der Waals surface area contributed by atoms with Crippen molar-refractivity contribution in [2.24, 2.45) is 5.41 Å². The van der Waals surface area contributed by atoms with Crippen molar-refractivity contribution in [1.82, 2.24) is 10.2 Å². The highest BCUT2D eigenvalue weighted by Gasteiger charge is 2.43. The van der Waals surface area contributed by atoms with Crippen molar-refractivity contribution in [2.75, 3.05) is 38.2 Å². The van der Waals surface area contributed by atoms with Crippen molar-refractivity contribution in [2.45, 2.75) is 19.3 Å². The fourth-order valence-corrected chi connectivity index (χ4v) is 3.31. The quantitative estimate of drug-likeness (QED) is 0.752. The number of nitrogens with zero attached hydrogens (tertiary/aromatic N) is 1. The van der Waals surface area contributed by atoms with Crippen LogP contribution in [0.4, 0.5) is 0 Å². The number of piperidine rings is 1. The third-order valence-corrected chi connectivity index (χ3v) is 4.73. The molecule has 0 unspecified atom stereocenters. The molecule has 0 saturated carbocycles. The summed E-state index contributed by atoms with van der Waals surface area (Å²) in [5, 5.41) is 3.30. The van der Waals surface area contributed by atoms with Crippen LogP contribution in [0.5, 0.6) is 0 Å². The molecule has 1 amide bonds. The van der Waals surface area contributed by atoms with Gasteiger partial charge in [0.15, 0.2) is 0 Å². The Bertz CT molecular complexity index is 399. The molecule has 2 fully saturated rings. The Kier molecular flexibility index (Phi) is 3.45. The van der Waals surface area contributed by atoms with Gasteiger partial charge in [0.05, 0.1) is 5.75 Å². The molecular weight excluding hydrogens is 240 g/mol. The topological polar surface area (TPSA) is 66.5 Å². The van der Waals surface area contributed by atoms with Crippen molar-refractivity contribution in [1.29, 1.82) is 0 Å². The lowest BCUT2D eigenvalue weighted by Crippen LogP contribution is -2.39. The second-order valence-corrected chi connectivity index (χ2v) is 7.63. The average Bonchev–Trinajstić information content (AvgIpc) is 2.52. The molecule has 2 aliphatic rings. The molecule has 6 heteroatoms. The van der Waals surface area contributed by atoms with Crippen LogP contribution in [0, 0.1) is 5.41 Å². The third-order valence-electron chi connectivity index (χ3n) is 3.80. The molecule has 0 aliphatic carbocycles. The van der Waals surface area contributed by atoms with Crippen LogP contribution < -0.4 is 5.32 Å². The Morgan fingerprint density at radius 2 is 2.00 bits per heavy atom. The number of likely N-dealkylation sites (tertiary alicyclic amines) is 1. The summed E-state index contributed by atoms with van der Waals surface area (Å²) in [6, 6.07) is 0. The molecule has 2 heterocycles. The van der Waals surface area contributed by atoms with Crippen LogP contribution in [0.1, 0.15) is 19.3 Å². The Labute approximate surface area is 102 Å². The van der Waals surface area contributed by atoms with Gasteiger partial charge in [-0.05, 0) is 31.3 Å². The van der Waals surface area contributed by atoms with Crippen molar-refractivity contribution >= 4 is 15.7 Å². The Hall–Kier alpha value is -0.620. The SMILES string of the molecule is CS(=O)(=O)CCN1CC2(CCNCC2)CC1=O. The van der Waals surface area contributed by atoms with E-state index in [2.05, 4.69) is 5.32 Å². The summed E-state index contributed by atoms with van der Waals surface area (Å²) in [7, 11) is -2.98. The van der Waals surface area contributed by atoms with Crippen molar-refractivity contribution in [3.05, 3.63) is 0 Å². The largest absolute Gasteiger partial charge is 0.341 e. The Balaban J connectivity index is 1.95. The van der Waals surface area contributed by atoms with E-state index in [1.165, 1.54) is 6.26 Å². The molecule has 0 aromatic carbocycles. The van der Waals surface area contributed by atoms with E-state index in [0.717, 1.165) is 32.5 Å². The van der Waals surface area contributed by atoms with E-state index in [9.17, 15) is 13.2 Å². The van der Waals surface area contributed by atoms with Crippen LogP contribution in [0.2, 0.25) is 0 Å². The van der Waals surface area contributed by atoms with E-state index in [1.807, 2.05) is 0 Å². The molecule has 1 spiro atoms. The van der Waals surface area contributed by atoms with Crippen molar-refractivity contribution in [3.8, 4) is 0 Å². The summed E-state index contributed by atoms with van der Waals surface area (Å²) in [6.07, 6.45) is 3.86. The smallest absolute Gasteiger partial charge is 0.223 e. The maximum atomic E-state index is 11.9. The molecule has 5 nitrogen and oxygen atoms in total. The number of carbonyl (C=O) groups excluding carboxylic acids is 1. The molecule has 17 heavy (non-hydrogen) atoms. The Morgan fingerprint density at radius 3 is 2.59 bits per heavy atom. The standard InChI is InChI=1S/C11H20N2O3S/c1-17(15,16)7-6-13-9-11(8-10(13)14)2-4-12-5-3-11/h12H,2-9H2,1H3. The molecule has 0 bridgehead atoms. The van der Waals surface area contributed by atoms with Crippen LogP contribution in [0.25, 0.3) is 0 Å². The van der Waals surface area contributed by atoms with Gasteiger partial charge in [0.1, 0.15) is 9.84 Å². The van der Waals surface area contributed by atoms with Gasteiger partial charge >= 0.3 is 0 Å². The molecule has 1 N–H and O–H groups in total. The lowest BCUT2D eigenvalue weighted by atomic mass is 9.78. The molecular formula is C11H20N2O3S. The summed E-state index contributed by atoms with van der Waals surface area (Å²) in [6.45, 7) is 3.02. The minimum atomic E-state index is -2.98. The number of carbonyl (C=O) groups is 1. The maximum absolute atomic E-state index is 11.9. The zero-order valence-electron chi connectivity index (χ0n) is 10.2. The van der Waals surface area contributed by atoms with E-state index in [1.54, 1.807) is 4.90 Å². The predicted octanol–water partition coefficient (Wildman–Crippen LogP) is -0.367. The number of nitrogens with one attached hydrogen (secondary N) is 1. The van der Waals surface area contributed by atoms with Gasteiger partial charge in [-0.2, -0.15) is 0 Å². The number of hydrogen-bond acceptors (Lipinski definition) is 4. The summed E-state index contributed by atoms with van der Waals surface area (Å²) in [4.78, 5) is 13.6. The molecule has 98 valence electrons. The molecule has 2 rings (SSSR count). The molecule has 0 atom stereocenters. The average molecular weight is 260 g/mol. The van der Waals surface area contributed by atoms with Gasteiger partial charge in [-0.25, -0.2) is 8.42 Å². The fraction of sp³-hybridized carbons (Fsp3) is 0.909. The predicted molar refractivity (Wildman–Crippen MR) is 65.4 cm³/mol. The Morgan fingerprint density at radius 1 is 1.35 bits per heavy atom. The number of rotatable bonds is 3. The first-order chi connectivity index (χ1) is 7.90. The van der Waals surface area contributed by atoms with Gasteiger partial charge in [0, 0.05) is 25.8 Å². The summed E-state index contributed by atoms with van der Waals surface area (Å²) < 4.78 is 22.2. The molecule has 2 saturated heterocycles. The summed E-state index contributed by atoms with van der Waals surface area (Å²) >= 11 is 0. The zero-order chi connectivity index (χ0) is 12.5. The van der Waals surface area contributed by atoms with Gasteiger partial charge in [0.2, 0.25) is 5.91 Å². The van der Waals surface area contributed by atoms with Crippen LogP contribution in [0.15, 0.2) is 0 Å². The van der Waals surface area contributed by atoms with Crippen molar-refractivity contribution in [3.63, 3.8) is 0 Å². The third kappa shape index (κ3) is 3.19. The lowest BCUT2D eigenvalue weighted by molar-refractivity contribution is -0.127. The second-order valence-electron chi connectivity index (χ2n) is 5.37. The van der Waals surface area contributed by atoms with Crippen molar-refractivity contribution < 1.29 is 13.2 Å². The fourth-order valence-electron chi connectivity index (χ4n) is 2.75. The number of hydrogen-bond donors (Lipinski definition) is 1. The minimum Gasteiger partial charge on any atom is -0.341 e. The molecule has 0 aromatic heterocycles. The first kappa shape index (κ1) is 12.8. The van der Waals surface area contributed by atoms with E-state index < -0.39 is 9.84 Å². The van der Waals surface area contributed by atoms with Crippen LogP contribution in [0.3, 0.4) is 0 Å². The monoisotopic (exact) mass is 260 g/mol. The highest BCUT2D eigenvalue weighted by Crippen LogP contribution is 2.39. The number of sulfone groups is 1. The highest BCUT2D eigenvalue weighted by molar-refractivity contribution is 7.90.